The highest BCUT2D eigenvalue weighted by Gasteiger charge is 2.22. The van der Waals surface area contributed by atoms with Gasteiger partial charge >= 0.3 is 0 Å². The Kier molecular flexibility index (Phi) is 3.80. The van der Waals surface area contributed by atoms with Crippen LogP contribution in [0.1, 0.15) is 18.4 Å². The zero-order valence-corrected chi connectivity index (χ0v) is 9.98. The van der Waals surface area contributed by atoms with Gasteiger partial charge in [0.2, 0.25) is 5.91 Å². The molecule has 94 valence electrons. The monoisotopic (exact) mass is 245 g/mol. The minimum absolute atomic E-state index is 0.101. The van der Waals surface area contributed by atoms with E-state index in [0.717, 1.165) is 19.4 Å². The Labute approximate surface area is 106 Å². The number of nitrogen functional groups attached to an aromatic ring is 1. The predicted octanol–water partition coefficient (Wildman–Crippen LogP) is 1.51. The van der Waals surface area contributed by atoms with Crippen LogP contribution in [0.5, 0.6) is 0 Å². The molecule has 1 fully saturated rings. The van der Waals surface area contributed by atoms with E-state index in [1.165, 1.54) is 0 Å². The summed E-state index contributed by atoms with van der Waals surface area (Å²) in [6, 6.07) is 6.88. The minimum Gasteiger partial charge on any atom is -0.399 e. The average molecular weight is 245 g/mol. The number of carbonyl (C=O) groups excluding carboxylic acids is 1. The molecule has 0 aliphatic carbocycles. The minimum atomic E-state index is -0.136. The third-order valence-electron chi connectivity index (χ3n) is 2.95. The van der Waals surface area contributed by atoms with Gasteiger partial charge in [-0.25, -0.2) is 0 Å². The summed E-state index contributed by atoms with van der Waals surface area (Å²) in [5.74, 6) is -0.237. The lowest BCUT2D eigenvalue weighted by atomic mass is 10.0. The maximum absolute atomic E-state index is 12.0. The van der Waals surface area contributed by atoms with Gasteiger partial charge < -0.3 is 15.8 Å². The Morgan fingerprint density at radius 1 is 1.56 bits per heavy atom. The average Bonchev–Trinajstić information content (AvgIpc) is 2.41. The van der Waals surface area contributed by atoms with Crippen LogP contribution in [-0.4, -0.2) is 19.1 Å². The van der Waals surface area contributed by atoms with Crippen LogP contribution in [-0.2, 0) is 9.53 Å². The molecule has 1 aromatic rings. The van der Waals surface area contributed by atoms with Gasteiger partial charge in [-0.1, -0.05) is 0 Å². The maximum atomic E-state index is 12.0. The van der Waals surface area contributed by atoms with Crippen LogP contribution < -0.4 is 11.1 Å². The van der Waals surface area contributed by atoms with E-state index in [0.29, 0.717) is 23.5 Å². The molecule has 0 spiro atoms. The number of anilines is 2. The number of nitriles is 1. The number of rotatable bonds is 2. The lowest BCUT2D eigenvalue weighted by Gasteiger charge is -2.21. The summed E-state index contributed by atoms with van der Waals surface area (Å²) < 4.78 is 5.27. The summed E-state index contributed by atoms with van der Waals surface area (Å²) >= 11 is 0. The van der Waals surface area contributed by atoms with Crippen LogP contribution in [0.3, 0.4) is 0 Å². The molecule has 1 heterocycles. The van der Waals surface area contributed by atoms with Gasteiger partial charge in [-0.15, -0.1) is 0 Å². The third kappa shape index (κ3) is 2.79. The lowest BCUT2D eigenvalue weighted by Crippen LogP contribution is -2.30. The molecular formula is C13H15N3O2. The largest absolute Gasteiger partial charge is 0.399 e. The van der Waals surface area contributed by atoms with E-state index in [9.17, 15) is 4.79 Å². The highest BCUT2D eigenvalue weighted by molar-refractivity contribution is 5.94. The molecule has 1 saturated heterocycles. The molecule has 1 amide bonds. The molecule has 1 aliphatic rings. The van der Waals surface area contributed by atoms with Gasteiger partial charge in [-0.05, 0) is 31.0 Å². The second-order valence-electron chi connectivity index (χ2n) is 4.32. The SMILES string of the molecule is N#Cc1cc(N)ccc1NC(=O)C1CCCOC1. The van der Waals surface area contributed by atoms with Crippen molar-refractivity contribution in [3.05, 3.63) is 23.8 Å². The number of nitrogens with two attached hydrogens (primary N) is 1. The van der Waals surface area contributed by atoms with E-state index in [1.807, 2.05) is 6.07 Å². The second-order valence-corrected chi connectivity index (χ2v) is 4.32. The first-order valence-corrected chi connectivity index (χ1v) is 5.89. The third-order valence-corrected chi connectivity index (χ3v) is 2.95. The molecule has 2 rings (SSSR count). The van der Waals surface area contributed by atoms with Crippen molar-refractivity contribution in [3.8, 4) is 6.07 Å². The van der Waals surface area contributed by atoms with E-state index in [-0.39, 0.29) is 11.8 Å². The van der Waals surface area contributed by atoms with Crippen molar-refractivity contribution in [3.63, 3.8) is 0 Å². The summed E-state index contributed by atoms with van der Waals surface area (Å²) in [5, 5.41) is 11.7. The van der Waals surface area contributed by atoms with Crippen LogP contribution in [0.15, 0.2) is 18.2 Å². The molecule has 18 heavy (non-hydrogen) atoms. The summed E-state index contributed by atoms with van der Waals surface area (Å²) in [6.07, 6.45) is 1.72. The number of amides is 1. The second kappa shape index (κ2) is 5.52. The van der Waals surface area contributed by atoms with Crippen molar-refractivity contribution >= 4 is 17.3 Å². The van der Waals surface area contributed by atoms with Crippen molar-refractivity contribution in [2.24, 2.45) is 5.92 Å². The van der Waals surface area contributed by atoms with Crippen LogP contribution in [0.4, 0.5) is 11.4 Å². The molecule has 5 nitrogen and oxygen atoms in total. The Bertz CT molecular complexity index is 487. The quantitative estimate of drug-likeness (QED) is 0.773. The Hall–Kier alpha value is -2.06. The van der Waals surface area contributed by atoms with Gasteiger partial charge in [-0.2, -0.15) is 5.26 Å². The van der Waals surface area contributed by atoms with Gasteiger partial charge in [0.25, 0.3) is 0 Å². The number of nitrogens with zero attached hydrogens (tertiary/aromatic N) is 1. The molecule has 1 atom stereocenters. The first-order chi connectivity index (χ1) is 8.70. The summed E-state index contributed by atoms with van der Waals surface area (Å²) in [7, 11) is 0. The van der Waals surface area contributed by atoms with Crippen LogP contribution in [0, 0.1) is 17.2 Å². The number of carbonyl (C=O) groups is 1. The molecule has 0 saturated carbocycles. The molecular weight excluding hydrogens is 230 g/mol. The molecule has 5 heteroatoms. The first kappa shape index (κ1) is 12.4. The van der Waals surface area contributed by atoms with Crippen molar-refractivity contribution in [1.82, 2.24) is 0 Å². The van der Waals surface area contributed by atoms with Gasteiger partial charge in [0.05, 0.1) is 23.8 Å². The summed E-state index contributed by atoms with van der Waals surface area (Å²) in [4.78, 5) is 12.0. The smallest absolute Gasteiger partial charge is 0.229 e. The molecule has 0 aromatic heterocycles. The Morgan fingerprint density at radius 3 is 3.06 bits per heavy atom. The summed E-state index contributed by atoms with van der Waals surface area (Å²) in [6.45, 7) is 1.16. The number of nitrogens with one attached hydrogen (secondary N) is 1. The van der Waals surface area contributed by atoms with Crippen LogP contribution in [0.2, 0.25) is 0 Å². The number of ether oxygens (including phenoxy) is 1. The van der Waals surface area contributed by atoms with Gasteiger partial charge in [0, 0.05) is 12.3 Å². The molecule has 0 radical (unpaired) electrons. The molecule has 0 bridgehead atoms. The predicted molar refractivity (Wildman–Crippen MR) is 67.7 cm³/mol. The van der Waals surface area contributed by atoms with E-state index in [1.54, 1.807) is 18.2 Å². The van der Waals surface area contributed by atoms with E-state index in [2.05, 4.69) is 5.32 Å². The van der Waals surface area contributed by atoms with Crippen molar-refractivity contribution < 1.29 is 9.53 Å². The number of hydrogen-bond donors (Lipinski definition) is 2. The standard InChI is InChI=1S/C13H15N3O2/c14-7-10-6-11(15)3-4-12(10)16-13(17)9-2-1-5-18-8-9/h3-4,6,9H,1-2,5,8,15H2,(H,16,17). The van der Waals surface area contributed by atoms with Gasteiger partial charge in [0.1, 0.15) is 6.07 Å². The van der Waals surface area contributed by atoms with Crippen LogP contribution >= 0.6 is 0 Å². The molecule has 1 unspecified atom stereocenters. The lowest BCUT2D eigenvalue weighted by molar-refractivity contribution is -0.123. The van der Waals surface area contributed by atoms with Gasteiger partial charge in [-0.3, -0.25) is 4.79 Å². The first-order valence-electron chi connectivity index (χ1n) is 5.89. The van der Waals surface area contributed by atoms with Crippen molar-refractivity contribution in [1.29, 1.82) is 5.26 Å². The van der Waals surface area contributed by atoms with E-state index in [4.69, 9.17) is 15.7 Å². The Balaban J connectivity index is 2.09. The molecule has 1 aromatic carbocycles. The maximum Gasteiger partial charge on any atom is 0.229 e. The van der Waals surface area contributed by atoms with E-state index >= 15 is 0 Å². The fourth-order valence-corrected chi connectivity index (χ4v) is 1.95. The fraction of sp³-hybridized carbons (Fsp3) is 0.385. The van der Waals surface area contributed by atoms with Crippen LogP contribution in [0.25, 0.3) is 0 Å². The number of hydrogen-bond acceptors (Lipinski definition) is 4. The van der Waals surface area contributed by atoms with Gasteiger partial charge in [0.15, 0.2) is 0 Å². The van der Waals surface area contributed by atoms with Crippen molar-refractivity contribution in [2.75, 3.05) is 24.3 Å². The molecule has 3 N–H and O–H groups in total. The summed E-state index contributed by atoms with van der Waals surface area (Å²) in [5.41, 5.74) is 6.98. The zero-order chi connectivity index (χ0) is 13.0. The molecule has 1 aliphatic heterocycles. The van der Waals surface area contributed by atoms with E-state index < -0.39 is 0 Å². The Morgan fingerprint density at radius 2 is 2.39 bits per heavy atom. The number of benzene rings is 1. The van der Waals surface area contributed by atoms with Crippen molar-refractivity contribution in [2.45, 2.75) is 12.8 Å². The topological polar surface area (TPSA) is 88.1 Å². The fourth-order valence-electron chi connectivity index (χ4n) is 1.95. The highest BCUT2D eigenvalue weighted by Crippen LogP contribution is 2.21. The normalized spacial score (nSPS) is 18.9. The highest BCUT2D eigenvalue weighted by atomic mass is 16.5. The zero-order valence-electron chi connectivity index (χ0n) is 9.98.